The van der Waals surface area contributed by atoms with Crippen LogP contribution in [0.1, 0.15) is 39.5 Å². The summed E-state index contributed by atoms with van der Waals surface area (Å²) in [7, 11) is -4.94. The van der Waals surface area contributed by atoms with Gasteiger partial charge < -0.3 is 4.74 Å². The average Bonchev–Trinajstić information content (AvgIpc) is 2.86. The maximum atomic E-state index is 12.5. The Balaban J connectivity index is 0.000000877. The van der Waals surface area contributed by atoms with Crippen molar-refractivity contribution in [2.24, 2.45) is 0 Å². The zero-order chi connectivity index (χ0) is 27.3. The first-order valence-corrected chi connectivity index (χ1v) is 12.6. The van der Waals surface area contributed by atoms with Gasteiger partial charge in [-0.2, -0.15) is 0 Å². The molecule has 9 heteroatoms. The van der Waals surface area contributed by atoms with Crippen LogP contribution in [0.2, 0.25) is 0 Å². The summed E-state index contributed by atoms with van der Waals surface area (Å²) in [5.74, 6) is 0.592. The molecule has 0 aromatic heterocycles. The Bertz CT molecular complexity index is 1210. The van der Waals surface area contributed by atoms with Gasteiger partial charge in [0.1, 0.15) is 5.76 Å². The molecule has 194 valence electrons. The van der Waals surface area contributed by atoms with Crippen LogP contribution in [-0.4, -0.2) is 18.2 Å². The molecule has 0 unspecified atom stereocenters. The SMILES string of the molecule is CCO\C(=C/C=C/C(=[NH+]\NC(=O)c1ccccc1)c1ccc(C)cc1)c1ccc(C)cc1.[O-][Cl+3]([O-])([O-])[O-]. The fraction of sp³-hybridized carbons (Fsp3) is 0.143. The highest BCUT2D eigenvalue weighted by Gasteiger charge is 2.10. The van der Waals surface area contributed by atoms with Gasteiger partial charge in [0.15, 0.2) is 0 Å². The Morgan fingerprint density at radius 3 is 1.86 bits per heavy atom. The zero-order valence-corrected chi connectivity index (χ0v) is 21.5. The van der Waals surface area contributed by atoms with E-state index in [4.69, 9.17) is 23.4 Å². The van der Waals surface area contributed by atoms with Gasteiger partial charge in [0.25, 0.3) is 0 Å². The molecule has 1 amide bonds. The van der Waals surface area contributed by atoms with E-state index < -0.39 is 10.2 Å². The standard InChI is InChI=1S/C28H28N2O2.ClHO4/c1-4-32-27(24-19-15-22(3)16-20-24)12-8-11-26(23-17-13-21(2)14-18-23)29-30-28(31)25-9-6-5-7-10-25;2-1(3,4)5/h5-20H,4H2,1-3H3,(H,30,31);(H,2,3,4,5)/b11-8+,27-12-,29-26+;. The lowest BCUT2D eigenvalue weighted by atomic mass is 10.1. The number of amides is 1. The first kappa shape index (κ1) is 29.4. The fourth-order valence-electron chi connectivity index (χ4n) is 3.06. The van der Waals surface area contributed by atoms with Crippen LogP contribution < -0.4 is 29.2 Å². The third-order valence-corrected chi connectivity index (χ3v) is 4.86. The summed E-state index contributed by atoms with van der Waals surface area (Å²) in [5.41, 5.74) is 8.49. The number of halogens is 1. The molecule has 3 aromatic carbocycles. The number of hydrazone groups is 1. The van der Waals surface area contributed by atoms with Gasteiger partial charge in [0, 0.05) is 22.8 Å². The normalized spacial score (nSPS) is 12.1. The van der Waals surface area contributed by atoms with Crippen molar-refractivity contribution in [1.82, 2.24) is 5.43 Å². The van der Waals surface area contributed by atoms with Gasteiger partial charge >= 0.3 is 5.91 Å². The Morgan fingerprint density at radius 1 is 0.838 bits per heavy atom. The van der Waals surface area contributed by atoms with E-state index in [1.54, 1.807) is 12.1 Å². The van der Waals surface area contributed by atoms with Crippen molar-refractivity contribution in [2.75, 3.05) is 6.61 Å². The number of rotatable bonds is 8. The summed E-state index contributed by atoms with van der Waals surface area (Å²) < 4.78 is 39.8. The van der Waals surface area contributed by atoms with Crippen LogP contribution in [0, 0.1) is 24.1 Å². The van der Waals surface area contributed by atoms with Crippen LogP contribution in [0.25, 0.3) is 5.76 Å². The van der Waals surface area contributed by atoms with Gasteiger partial charge in [-0.25, -0.2) is 18.6 Å². The minimum absolute atomic E-state index is 0.200. The Kier molecular flexibility index (Phi) is 11.7. The number of carbonyl (C=O) groups is 1. The highest BCUT2D eigenvalue weighted by Crippen LogP contribution is 2.17. The van der Waals surface area contributed by atoms with E-state index in [-0.39, 0.29) is 5.91 Å². The van der Waals surface area contributed by atoms with Gasteiger partial charge in [-0.15, -0.1) is 20.8 Å². The third kappa shape index (κ3) is 11.7. The van der Waals surface area contributed by atoms with E-state index >= 15 is 0 Å². The summed E-state index contributed by atoms with van der Waals surface area (Å²) in [5, 5.41) is 3.07. The molecule has 37 heavy (non-hydrogen) atoms. The molecule has 0 saturated carbocycles. The maximum Gasteiger partial charge on any atom is 0.304 e. The van der Waals surface area contributed by atoms with Gasteiger partial charge in [0.2, 0.25) is 5.71 Å². The Hall–Kier alpha value is -3.79. The molecule has 0 atom stereocenters. The van der Waals surface area contributed by atoms with Crippen LogP contribution in [0.5, 0.6) is 0 Å². The molecule has 0 radical (unpaired) electrons. The Labute approximate surface area is 218 Å². The molecule has 2 N–H and O–H groups in total. The molecular weight excluding hydrogens is 496 g/mol. The van der Waals surface area contributed by atoms with Crippen LogP contribution in [-0.2, 0) is 4.74 Å². The number of benzene rings is 3. The molecule has 0 spiro atoms. The van der Waals surface area contributed by atoms with Crippen molar-refractivity contribution in [3.63, 3.8) is 0 Å². The van der Waals surface area contributed by atoms with Crippen molar-refractivity contribution in [2.45, 2.75) is 20.8 Å². The summed E-state index contributed by atoms with van der Waals surface area (Å²) >= 11 is 0. The second-order valence-corrected chi connectivity index (χ2v) is 8.55. The molecule has 0 bridgehead atoms. The van der Waals surface area contributed by atoms with Gasteiger partial charge in [-0.05, 0) is 51.1 Å². The minimum Gasteiger partial charge on any atom is -0.493 e. The molecule has 0 heterocycles. The number of ether oxygens (including phenoxy) is 1. The van der Waals surface area contributed by atoms with E-state index in [0.29, 0.717) is 12.2 Å². The van der Waals surface area contributed by atoms with Crippen molar-refractivity contribution < 1.29 is 43.5 Å². The molecule has 3 aromatic rings. The van der Waals surface area contributed by atoms with E-state index in [2.05, 4.69) is 29.6 Å². The van der Waals surface area contributed by atoms with Gasteiger partial charge in [0.05, 0.1) is 6.61 Å². The second kappa shape index (κ2) is 14.7. The smallest absolute Gasteiger partial charge is 0.304 e. The van der Waals surface area contributed by atoms with Crippen molar-refractivity contribution in [1.29, 1.82) is 0 Å². The van der Waals surface area contributed by atoms with Gasteiger partial charge in [-0.3, -0.25) is 4.79 Å². The van der Waals surface area contributed by atoms with E-state index in [1.807, 2.05) is 86.7 Å². The lowest BCUT2D eigenvalue weighted by Gasteiger charge is -2.17. The number of aryl methyl sites for hydroxylation is 2. The largest absolute Gasteiger partial charge is 0.493 e. The highest BCUT2D eigenvalue weighted by molar-refractivity contribution is 6.05. The molecule has 8 nitrogen and oxygen atoms in total. The predicted octanol–water partition coefficient (Wildman–Crippen LogP) is -0.604. The van der Waals surface area contributed by atoms with E-state index in [9.17, 15) is 4.79 Å². The number of nitrogens with one attached hydrogen (secondary N) is 2. The first-order chi connectivity index (χ1) is 17.6. The number of hydrogen-bond donors (Lipinski definition) is 2. The van der Waals surface area contributed by atoms with E-state index in [1.165, 1.54) is 11.1 Å². The van der Waals surface area contributed by atoms with Crippen LogP contribution in [0.3, 0.4) is 0 Å². The van der Waals surface area contributed by atoms with Crippen LogP contribution in [0.15, 0.2) is 97.1 Å². The molecule has 0 saturated heterocycles. The highest BCUT2D eigenvalue weighted by atomic mass is 35.7. The quantitative estimate of drug-likeness (QED) is 0.174. The molecule has 3 rings (SSSR count). The summed E-state index contributed by atoms with van der Waals surface area (Å²) in [6.45, 7) is 6.65. The number of hydrogen-bond acceptors (Lipinski definition) is 6. The summed E-state index contributed by atoms with van der Waals surface area (Å²) in [6.07, 6.45) is 5.77. The summed E-state index contributed by atoms with van der Waals surface area (Å²) in [6, 6.07) is 25.5. The molecule has 0 aliphatic carbocycles. The molecule has 0 aliphatic heterocycles. The third-order valence-electron chi connectivity index (χ3n) is 4.86. The van der Waals surface area contributed by atoms with Crippen LogP contribution >= 0.6 is 0 Å². The molecule has 0 aliphatic rings. The fourth-order valence-corrected chi connectivity index (χ4v) is 3.06. The van der Waals surface area contributed by atoms with Crippen molar-refractivity contribution in [3.8, 4) is 0 Å². The Morgan fingerprint density at radius 2 is 1.35 bits per heavy atom. The lowest BCUT2D eigenvalue weighted by Crippen LogP contribution is -2.84. The number of allylic oxidation sites excluding steroid dienone is 3. The number of carbonyl (C=O) groups excluding carboxylic acids is 1. The zero-order valence-electron chi connectivity index (χ0n) is 20.8. The van der Waals surface area contributed by atoms with E-state index in [0.717, 1.165) is 22.6 Å². The topological polar surface area (TPSA) is 145 Å². The first-order valence-electron chi connectivity index (χ1n) is 11.3. The van der Waals surface area contributed by atoms with Crippen LogP contribution in [0.4, 0.5) is 0 Å². The second-order valence-electron chi connectivity index (χ2n) is 7.79. The maximum absolute atomic E-state index is 12.5. The monoisotopic (exact) mass is 524 g/mol. The summed E-state index contributed by atoms with van der Waals surface area (Å²) in [4.78, 5) is 12.5. The minimum atomic E-state index is -4.94. The average molecular weight is 525 g/mol. The lowest BCUT2D eigenvalue weighted by molar-refractivity contribution is -2.00. The molecule has 0 fully saturated rings. The number of hydrazine groups is 1. The van der Waals surface area contributed by atoms with Crippen molar-refractivity contribution in [3.05, 3.63) is 125 Å². The predicted molar refractivity (Wildman–Crippen MR) is 130 cm³/mol. The van der Waals surface area contributed by atoms with Gasteiger partial charge in [-0.1, -0.05) is 71.8 Å². The van der Waals surface area contributed by atoms with Crippen molar-refractivity contribution >= 4 is 17.4 Å². The molecular formula is C28H29ClN2O6.